The monoisotopic (exact) mass is 432 g/mol. The average molecular weight is 432 g/mol. The molecule has 2 amide bonds. The number of nitrogens with one attached hydrogen (secondary N) is 2. The SMILES string of the molecule is CS(=O)(=O)CC[C@H](COc1ccc(C(=O)NO)cc1)NC(=O)C=Cc1ccccc1. The fraction of sp³-hybridized carbons (Fsp3) is 0.238. The minimum atomic E-state index is -3.20. The summed E-state index contributed by atoms with van der Waals surface area (Å²) in [6.45, 7) is 0.0476. The van der Waals surface area contributed by atoms with Gasteiger partial charge in [0, 0.05) is 17.9 Å². The second-order valence-corrected chi connectivity index (χ2v) is 8.90. The zero-order chi connectivity index (χ0) is 22.0. The first-order valence-electron chi connectivity index (χ1n) is 9.15. The molecule has 0 saturated carbocycles. The molecule has 9 heteroatoms. The van der Waals surface area contributed by atoms with Crippen LogP contribution in [0.4, 0.5) is 0 Å². The van der Waals surface area contributed by atoms with E-state index in [1.54, 1.807) is 6.08 Å². The van der Waals surface area contributed by atoms with E-state index < -0.39 is 21.8 Å². The molecule has 0 fully saturated rings. The number of hydrogen-bond donors (Lipinski definition) is 3. The molecule has 0 radical (unpaired) electrons. The summed E-state index contributed by atoms with van der Waals surface area (Å²) >= 11 is 0. The van der Waals surface area contributed by atoms with Crippen LogP contribution in [0.3, 0.4) is 0 Å². The summed E-state index contributed by atoms with van der Waals surface area (Å²) in [7, 11) is -3.20. The van der Waals surface area contributed by atoms with Crippen molar-refractivity contribution in [1.82, 2.24) is 10.8 Å². The van der Waals surface area contributed by atoms with Crippen molar-refractivity contribution in [3.63, 3.8) is 0 Å². The van der Waals surface area contributed by atoms with E-state index in [0.29, 0.717) is 5.75 Å². The van der Waals surface area contributed by atoms with Crippen LogP contribution in [0.1, 0.15) is 22.3 Å². The lowest BCUT2D eigenvalue weighted by Crippen LogP contribution is -2.39. The lowest BCUT2D eigenvalue weighted by molar-refractivity contribution is -0.117. The third-order valence-corrected chi connectivity index (χ3v) is 5.06. The second-order valence-electron chi connectivity index (χ2n) is 6.64. The Morgan fingerprint density at radius 1 is 1.10 bits per heavy atom. The highest BCUT2D eigenvalue weighted by Crippen LogP contribution is 2.13. The quantitative estimate of drug-likeness (QED) is 0.299. The molecule has 0 bridgehead atoms. The molecule has 8 nitrogen and oxygen atoms in total. The lowest BCUT2D eigenvalue weighted by Gasteiger charge is -2.18. The van der Waals surface area contributed by atoms with E-state index in [1.165, 1.54) is 35.8 Å². The van der Waals surface area contributed by atoms with Gasteiger partial charge in [-0.2, -0.15) is 0 Å². The van der Waals surface area contributed by atoms with Crippen LogP contribution in [0.5, 0.6) is 5.75 Å². The smallest absolute Gasteiger partial charge is 0.274 e. The van der Waals surface area contributed by atoms with Gasteiger partial charge in [0.05, 0.1) is 11.8 Å². The van der Waals surface area contributed by atoms with E-state index in [9.17, 15) is 18.0 Å². The van der Waals surface area contributed by atoms with Crippen LogP contribution in [-0.4, -0.2) is 50.1 Å². The lowest BCUT2D eigenvalue weighted by atomic mass is 10.2. The zero-order valence-electron chi connectivity index (χ0n) is 16.4. The summed E-state index contributed by atoms with van der Waals surface area (Å²) in [5, 5.41) is 11.4. The van der Waals surface area contributed by atoms with Crippen molar-refractivity contribution >= 4 is 27.7 Å². The second kappa shape index (κ2) is 11.1. The molecular weight excluding hydrogens is 408 g/mol. The molecule has 30 heavy (non-hydrogen) atoms. The normalized spacial score (nSPS) is 12.3. The Morgan fingerprint density at radius 2 is 1.77 bits per heavy atom. The van der Waals surface area contributed by atoms with Crippen molar-refractivity contribution in [2.75, 3.05) is 18.6 Å². The van der Waals surface area contributed by atoms with Gasteiger partial charge in [-0.25, -0.2) is 13.9 Å². The van der Waals surface area contributed by atoms with E-state index >= 15 is 0 Å². The molecule has 2 aromatic rings. The van der Waals surface area contributed by atoms with Crippen molar-refractivity contribution in [1.29, 1.82) is 0 Å². The van der Waals surface area contributed by atoms with Gasteiger partial charge in [-0.15, -0.1) is 0 Å². The Balaban J connectivity index is 1.98. The molecule has 0 aromatic heterocycles. The Hall–Kier alpha value is -3.17. The molecule has 0 heterocycles. The number of hydroxylamine groups is 1. The van der Waals surface area contributed by atoms with Gasteiger partial charge in [0.2, 0.25) is 5.91 Å². The predicted molar refractivity (Wildman–Crippen MR) is 113 cm³/mol. The number of carbonyl (C=O) groups excluding carboxylic acids is 2. The molecule has 0 aliphatic carbocycles. The number of amides is 2. The van der Waals surface area contributed by atoms with Crippen LogP contribution in [0.25, 0.3) is 6.08 Å². The van der Waals surface area contributed by atoms with Crippen molar-refractivity contribution < 1.29 is 28.0 Å². The van der Waals surface area contributed by atoms with Gasteiger partial charge in [-0.3, -0.25) is 14.8 Å². The third-order valence-electron chi connectivity index (χ3n) is 4.08. The van der Waals surface area contributed by atoms with E-state index in [1.807, 2.05) is 30.3 Å². The van der Waals surface area contributed by atoms with E-state index in [0.717, 1.165) is 11.8 Å². The minimum absolute atomic E-state index is 0.0476. The van der Waals surface area contributed by atoms with Gasteiger partial charge in [-0.1, -0.05) is 30.3 Å². The summed E-state index contributed by atoms with van der Waals surface area (Å²) in [4.78, 5) is 23.6. The summed E-state index contributed by atoms with van der Waals surface area (Å²) in [6, 6.07) is 14.8. The molecule has 0 aliphatic rings. The molecule has 2 aromatic carbocycles. The molecule has 3 N–H and O–H groups in total. The number of carbonyl (C=O) groups is 2. The molecule has 2 rings (SSSR count). The molecule has 0 unspecified atom stereocenters. The van der Waals surface area contributed by atoms with Crippen LogP contribution in [0.15, 0.2) is 60.7 Å². The number of sulfone groups is 1. The predicted octanol–water partition coefficient (Wildman–Crippen LogP) is 1.82. The van der Waals surface area contributed by atoms with Crippen LogP contribution in [0, 0.1) is 0 Å². The highest BCUT2D eigenvalue weighted by atomic mass is 32.2. The number of hydrogen-bond acceptors (Lipinski definition) is 6. The van der Waals surface area contributed by atoms with Crippen LogP contribution >= 0.6 is 0 Å². The number of rotatable bonds is 10. The van der Waals surface area contributed by atoms with Gasteiger partial charge in [0.1, 0.15) is 22.2 Å². The van der Waals surface area contributed by atoms with E-state index in [4.69, 9.17) is 9.94 Å². The fourth-order valence-electron chi connectivity index (χ4n) is 2.50. The Kier molecular flexibility index (Phi) is 8.57. The Bertz CT molecular complexity index is 972. The highest BCUT2D eigenvalue weighted by Gasteiger charge is 2.15. The van der Waals surface area contributed by atoms with Crippen molar-refractivity contribution in [2.24, 2.45) is 0 Å². The van der Waals surface area contributed by atoms with Gasteiger partial charge in [-0.05, 0) is 42.3 Å². The summed E-state index contributed by atoms with van der Waals surface area (Å²) < 4.78 is 28.7. The van der Waals surface area contributed by atoms with Crippen molar-refractivity contribution in [2.45, 2.75) is 12.5 Å². The first kappa shape index (κ1) is 23.1. The van der Waals surface area contributed by atoms with Gasteiger partial charge >= 0.3 is 0 Å². The fourth-order valence-corrected chi connectivity index (χ4v) is 3.22. The molecule has 160 valence electrons. The van der Waals surface area contributed by atoms with E-state index in [-0.39, 0.29) is 30.3 Å². The first-order valence-corrected chi connectivity index (χ1v) is 11.2. The molecule has 0 aliphatic heterocycles. The first-order chi connectivity index (χ1) is 14.3. The molecule has 0 spiro atoms. The van der Waals surface area contributed by atoms with Crippen LogP contribution in [0.2, 0.25) is 0 Å². The van der Waals surface area contributed by atoms with E-state index in [2.05, 4.69) is 5.32 Å². The van der Waals surface area contributed by atoms with Gasteiger partial charge in [0.25, 0.3) is 5.91 Å². The highest BCUT2D eigenvalue weighted by molar-refractivity contribution is 7.90. The average Bonchev–Trinajstić information content (AvgIpc) is 2.74. The topological polar surface area (TPSA) is 122 Å². The number of benzene rings is 2. The van der Waals surface area contributed by atoms with Gasteiger partial charge < -0.3 is 10.1 Å². The standard InChI is InChI=1S/C21H24N2O6S/c1-30(27,28)14-13-18(22-20(24)12-7-16-5-3-2-4-6-16)15-29-19-10-8-17(9-11-19)21(25)23-26/h2-12,18,26H,13-15H2,1H3,(H,22,24)(H,23,25)/t18-/m1/s1. The van der Waals surface area contributed by atoms with Crippen molar-refractivity contribution in [3.05, 3.63) is 71.8 Å². The number of ether oxygens (including phenoxy) is 1. The Morgan fingerprint density at radius 3 is 2.37 bits per heavy atom. The Labute approximate surface area is 175 Å². The maximum Gasteiger partial charge on any atom is 0.274 e. The minimum Gasteiger partial charge on any atom is -0.491 e. The summed E-state index contributed by atoms with van der Waals surface area (Å²) in [5.41, 5.74) is 2.65. The van der Waals surface area contributed by atoms with Crippen LogP contribution in [-0.2, 0) is 14.6 Å². The molecular formula is C21H24N2O6S. The van der Waals surface area contributed by atoms with Gasteiger partial charge in [0.15, 0.2) is 0 Å². The molecule has 1 atom stereocenters. The summed E-state index contributed by atoms with van der Waals surface area (Å²) in [6.07, 6.45) is 4.36. The van der Waals surface area contributed by atoms with Crippen LogP contribution < -0.4 is 15.5 Å². The zero-order valence-corrected chi connectivity index (χ0v) is 17.3. The third kappa shape index (κ3) is 8.46. The maximum atomic E-state index is 12.2. The maximum absolute atomic E-state index is 12.2. The summed E-state index contributed by atoms with van der Waals surface area (Å²) in [5.74, 6) is -0.678. The largest absolute Gasteiger partial charge is 0.491 e. The molecule has 0 saturated heterocycles. The van der Waals surface area contributed by atoms with Crippen molar-refractivity contribution in [3.8, 4) is 5.75 Å².